The van der Waals surface area contributed by atoms with E-state index < -0.39 is 11.9 Å². The van der Waals surface area contributed by atoms with Gasteiger partial charge in [-0.15, -0.1) is 0 Å². The van der Waals surface area contributed by atoms with Gasteiger partial charge < -0.3 is 19.4 Å². The zero-order valence-electron chi connectivity index (χ0n) is 13.0. The van der Waals surface area contributed by atoms with Gasteiger partial charge in [0, 0.05) is 11.8 Å². The minimum atomic E-state index is -1.46. The summed E-state index contributed by atoms with van der Waals surface area (Å²) in [6.07, 6.45) is 2.65. The Hall–Kier alpha value is -3.42. The highest BCUT2D eigenvalue weighted by atomic mass is 16.5. The van der Waals surface area contributed by atoms with Crippen LogP contribution in [0.4, 0.5) is 0 Å². The van der Waals surface area contributed by atoms with Crippen LogP contribution in [0.1, 0.15) is 26.4 Å². The van der Waals surface area contributed by atoms with Crippen molar-refractivity contribution in [2.75, 3.05) is 14.2 Å². The normalized spacial score (nSPS) is 10.4. The van der Waals surface area contributed by atoms with Gasteiger partial charge in [0.2, 0.25) is 0 Å². The lowest BCUT2D eigenvalue weighted by Gasteiger charge is -2.15. The fraction of sp³-hybridized carbons (Fsp3) is 0.125. The number of nitrogens with zero attached hydrogens (tertiary/aromatic N) is 2. The number of hydrazone groups is 1. The molecular weight excluding hydrogens is 314 g/mol. The van der Waals surface area contributed by atoms with E-state index in [4.69, 9.17) is 9.47 Å². The van der Waals surface area contributed by atoms with Gasteiger partial charge in [-0.1, -0.05) is 6.07 Å². The highest BCUT2D eigenvalue weighted by Crippen LogP contribution is 2.32. The Bertz CT molecular complexity index is 775. The van der Waals surface area contributed by atoms with Gasteiger partial charge in [-0.25, -0.2) is 5.43 Å². The fourth-order valence-electron chi connectivity index (χ4n) is 1.98. The fourth-order valence-corrected chi connectivity index (χ4v) is 1.98. The van der Waals surface area contributed by atoms with Gasteiger partial charge >= 0.3 is 0 Å². The number of methoxy groups -OCH3 is 2. The summed E-state index contributed by atoms with van der Waals surface area (Å²) in [6, 6.07) is 7.84. The summed E-state index contributed by atoms with van der Waals surface area (Å²) in [5.74, 6) is -1.73. The third kappa shape index (κ3) is 3.67. The standard InChI is InChI=1S/C16H15N3O5/c1-23-12-7-6-10(13(16(21)22)14(12)24-2)9-18-19-15(20)11-5-3-4-8-17-11/h3-9H,1-2H3,(H,19,20)(H,21,22)/p-1/b18-9-. The number of hydrogen-bond donors (Lipinski definition) is 1. The van der Waals surface area contributed by atoms with E-state index in [1.165, 1.54) is 44.8 Å². The Morgan fingerprint density at radius 2 is 2.00 bits per heavy atom. The summed E-state index contributed by atoms with van der Waals surface area (Å²) in [6.45, 7) is 0. The molecule has 0 aliphatic carbocycles. The Morgan fingerprint density at radius 1 is 1.21 bits per heavy atom. The molecule has 2 rings (SSSR count). The number of ether oxygens (including phenoxy) is 2. The molecule has 1 aromatic heterocycles. The molecule has 1 aromatic carbocycles. The van der Waals surface area contributed by atoms with Crippen LogP contribution in [0.15, 0.2) is 41.6 Å². The van der Waals surface area contributed by atoms with Crippen LogP contribution in [0, 0.1) is 0 Å². The van der Waals surface area contributed by atoms with Crippen LogP contribution in [0.2, 0.25) is 0 Å². The lowest BCUT2D eigenvalue weighted by atomic mass is 10.1. The molecule has 0 aliphatic heterocycles. The summed E-state index contributed by atoms with van der Waals surface area (Å²) < 4.78 is 10.1. The van der Waals surface area contributed by atoms with Crippen molar-refractivity contribution in [1.29, 1.82) is 0 Å². The number of pyridine rings is 1. The molecule has 124 valence electrons. The van der Waals surface area contributed by atoms with E-state index in [0.29, 0.717) is 0 Å². The number of carbonyl (C=O) groups is 2. The van der Waals surface area contributed by atoms with Crippen molar-refractivity contribution < 1.29 is 24.2 Å². The third-order valence-corrected chi connectivity index (χ3v) is 3.05. The van der Waals surface area contributed by atoms with E-state index in [1.54, 1.807) is 12.1 Å². The second-order valence-corrected chi connectivity index (χ2v) is 4.47. The van der Waals surface area contributed by atoms with Gasteiger partial charge in [-0.3, -0.25) is 9.78 Å². The number of amides is 1. The van der Waals surface area contributed by atoms with Crippen LogP contribution in [0.5, 0.6) is 11.5 Å². The number of hydrogen-bond acceptors (Lipinski definition) is 7. The summed E-state index contributed by atoms with van der Waals surface area (Å²) in [5.41, 5.74) is 2.40. The largest absolute Gasteiger partial charge is 0.545 e. The van der Waals surface area contributed by atoms with Crippen LogP contribution < -0.4 is 20.0 Å². The molecular formula is C16H14N3O5-. The van der Waals surface area contributed by atoms with Crippen molar-refractivity contribution in [2.24, 2.45) is 5.10 Å². The highest BCUT2D eigenvalue weighted by Gasteiger charge is 2.15. The predicted molar refractivity (Wildman–Crippen MR) is 83.2 cm³/mol. The molecule has 0 saturated heterocycles. The quantitative estimate of drug-likeness (QED) is 0.600. The van der Waals surface area contributed by atoms with Gasteiger partial charge in [-0.05, 0) is 24.3 Å². The molecule has 0 fully saturated rings. The van der Waals surface area contributed by atoms with E-state index in [1.807, 2.05) is 0 Å². The van der Waals surface area contributed by atoms with Crippen molar-refractivity contribution >= 4 is 18.1 Å². The maximum atomic E-state index is 11.8. The molecule has 0 saturated carbocycles. The Morgan fingerprint density at radius 3 is 2.58 bits per heavy atom. The average Bonchev–Trinajstić information content (AvgIpc) is 2.61. The van der Waals surface area contributed by atoms with E-state index in [2.05, 4.69) is 15.5 Å². The maximum Gasteiger partial charge on any atom is 0.289 e. The minimum Gasteiger partial charge on any atom is -0.545 e. The van der Waals surface area contributed by atoms with Gasteiger partial charge in [0.05, 0.1) is 32.0 Å². The Balaban J connectivity index is 2.26. The average molecular weight is 328 g/mol. The third-order valence-electron chi connectivity index (χ3n) is 3.05. The number of nitrogens with one attached hydrogen (secondary N) is 1. The van der Waals surface area contributed by atoms with E-state index in [9.17, 15) is 14.7 Å². The lowest BCUT2D eigenvalue weighted by Crippen LogP contribution is -2.25. The topological polar surface area (TPSA) is 113 Å². The van der Waals surface area contributed by atoms with Crippen LogP contribution in [0.3, 0.4) is 0 Å². The van der Waals surface area contributed by atoms with E-state index in [-0.39, 0.29) is 28.3 Å². The maximum absolute atomic E-state index is 11.8. The van der Waals surface area contributed by atoms with Crippen molar-refractivity contribution in [3.63, 3.8) is 0 Å². The van der Waals surface area contributed by atoms with Crippen LogP contribution >= 0.6 is 0 Å². The van der Waals surface area contributed by atoms with Gasteiger partial charge in [0.25, 0.3) is 5.91 Å². The zero-order chi connectivity index (χ0) is 17.5. The monoisotopic (exact) mass is 328 g/mol. The predicted octanol–water partition coefficient (Wildman–Crippen LogP) is 0.226. The smallest absolute Gasteiger partial charge is 0.289 e. The summed E-state index contributed by atoms with van der Waals surface area (Å²) >= 11 is 0. The molecule has 8 heteroatoms. The molecule has 0 unspecified atom stereocenters. The van der Waals surface area contributed by atoms with Crippen LogP contribution in [-0.4, -0.2) is 37.3 Å². The summed E-state index contributed by atoms with van der Waals surface area (Å²) in [5, 5.41) is 15.1. The SMILES string of the molecule is COc1ccc(/C=N\NC(=O)c2ccccn2)c(C(=O)[O-])c1OC. The van der Waals surface area contributed by atoms with Crippen molar-refractivity contribution in [3.05, 3.63) is 53.3 Å². The van der Waals surface area contributed by atoms with Crippen molar-refractivity contribution in [2.45, 2.75) is 0 Å². The number of aromatic nitrogens is 1. The number of carboxylic acids is 1. The first-order valence-corrected chi connectivity index (χ1v) is 6.79. The number of benzene rings is 1. The van der Waals surface area contributed by atoms with Crippen molar-refractivity contribution in [1.82, 2.24) is 10.4 Å². The second kappa shape index (κ2) is 7.73. The molecule has 24 heavy (non-hydrogen) atoms. The summed E-state index contributed by atoms with van der Waals surface area (Å²) in [7, 11) is 2.70. The van der Waals surface area contributed by atoms with Gasteiger partial charge in [0.1, 0.15) is 5.69 Å². The van der Waals surface area contributed by atoms with E-state index >= 15 is 0 Å². The zero-order valence-corrected chi connectivity index (χ0v) is 13.0. The second-order valence-electron chi connectivity index (χ2n) is 4.47. The van der Waals surface area contributed by atoms with Crippen molar-refractivity contribution in [3.8, 4) is 11.5 Å². The molecule has 2 aromatic rings. The van der Waals surface area contributed by atoms with Crippen LogP contribution in [0.25, 0.3) is 0 Å². The van der Waals surface area contributed by atoms with E-state index in [0.717, 1.165) is 0 Å². The first kappa shape index (κ1) is 16.9. The lowest BCUT2D eigenvalue weighted by molar-refractivity contribution is -0.255. The minimum absolute atomic E-state index is 0.0116. The molecule has 0 aliphatic rings. The Labute approximate surface area is 137 Å². The Kier molecular flexibility index (Phi) is 5.45. The molecule has 0 bridgehead atoms. The highest BCUT2D eigenvalue weighted by molar-refractivity contribution is 6.01. The van der Waals surface area contributed by atoms with Gasteiger partial charge in [-0.2, -0.15) is 5.10 Å². The molecule has 0 atom stereocenters. The molecule has 1 heterocycles. The number of aromatic carboxylic acids is 1. The molecule has 0 radical (unpaired) electrons. The first-order chi connectivity index (χ1) is 11.6. The number of carboxylic acid groups (broad SMARTS) is 1. The molecule has 0 spiro atoms. The van der Waals surface area contributed by atoms with Gasteiger partial charge in [0.15, 0.2) is 11.5 Å². The summed E-state index contributed by atoms with van der Waals surface area (Å²) in [4.78, 5) is 27.1. The molecule has 1 N–H and O–H groups in total. The first-order valence-electron chi connectivity index (χ1n) is 6.79. The molecule has 8 nitrogen and oxygen atoms in total. The number of carbonyl (C=O) groups excluding carboxylic acids is 2. The number of rotatable bonds is 6. The van der Waals surface area contributed by atoms with Crippen LogP contribution in [-0.2, 0) is 0 Å². The molecule has 1 amide bonds.